The van der Waals surface area contributed by atoms with Gasteiger partial charge in [0.25, 0.3) is 5.91 Å². The fourth-order valence-corrected chi connectivity index (χ4v) is 4.94. The monoisotopic (exact) mass is 422 g/mol. The van der Waals surface area contributed by atoms with E-state index in [4.69, 9.17) is 4.42 Å². The molecule has 1 fully saturated rings. The van der Waals surface area contributed by atoms with Crippen molar-refractivity contribution in [3.63, 3.8) is 0 Å². The smallest absolute Gasteiger partial charge is 0.295 e. The molecule has 0 bridgehead atoms. The standard InChI is InChI=1S/C24H26N2O3S/c1-16-11-12-19(17(2)15-16)26(24(28)20-9-5-13-29-20)22(21-10-6-14-30-21)23(27)25-18-7-3-4-8-18/h5-6,9-15,18,22H,3-4,7-8H2,1-2H3,(H,25,27). The average molecular weight is 423 g/mol. The minimum Gasteiger partial charge on any atom is -0.459 e. The summed E-state index contributed by atoms with van der Waals surface area (Å²) in [7, 11) is 0. The number of hydrogen-bond donors (Lipinski definition) is 1. The van der Waals surface area contributed by atoms with Crippen LogP contribution in [0.15, 0.2) is 58.5 Å². The Kier molecular flexibility index (Phi) is 6.04. The summed E-state index contributed by atoms with van der Waals surface area (Å²) in [5.74, 6) is -0.263. The highest BCUT2D eigenvalue weighted by molar-refractivity contribution is 7.10. The topological polar surface area (TPSA) is 62.6 Å². The average Bonchev–Trinajstić information content (AvgIpc) is 3.49. The van der Waals surface area contributed by atoms with Gasteiger partial charge in [-0.25, -0.2) is 0 Å². The molecular weight excluding hydrogens is 396 g/mol. The zero-order valence-electron chi connectivity index (χ0n) is 17.3. The first-order chi connectivity index (χ1) is 14.5. The number of thiophene rings is 1. The van der Waals surface area contributed by atoms with Crippen LogP contribution in [0, 0.1) is 13.8 Å². The number of furan rings is 1. The van der Waals surface area contributed by atoms with Crippen molar-refractivity contribution in [2.45, 2.75) is 51.6 Å². The van der Waals surface area contributed by atoms with Crippen molar-refractivity contribution < 1.29 is 14.0 Å². The molecule has 1 atom stereocenters. The third kappa shape index (κ3) is 4.19. The summed E-state index contributed by atoms with van der Waals surface area (Å²) in [5.41, 5.74) is 2.75. The lowest BCUT2D eigenvalue weighted by Crippen LogP contribution is -2.46. The molecule has 5 nitrogen and oxygen atoms in total. The number of hydrogen-bond acceptors (Lipinski definition) is 4. The number of aryl methyl sites for hydroxylation is 2. The molecule has 0 saturated heterocycles. The Morgan fingerprint density at radius 3 is 2.57 bits per heavy atom. The molecule has 0 spiro atoms. The summed E-state index contributed by atoms with van der Waals surface area (Å²) >= 11 is 1.48. The Morgan fingerprint density at radius 1 is 1.13 bits per heavy atom. The van der Waals surface area contributed by atoms with Crippen molar-refractivity contribution >= 4 is 28.8 Å². The second-order valence-corrected chi connectivity index (χ2v) is 8.83. The van der Waals surface area contributed by atoms with Crippen molar-refractivity contribution in [3.8, 4) is 0 Å². The molecule has 0 aliphatic heterocycles. The summed E-state index contributed by atoms with van der Waals surface area (Å²) in [6, 6.07) is 12.5. The molecule has 2 amide bonds. The maximum Gasteiger partial charge on any atom is 0.295 e. The van der Waals surface area contributed by atoms with Gasteiger partial charge in [-0.2, -0.15) is 0 Å². The van der Waals surface area contributed by atoms with Crippen LogP contribution >= 0.6 is 11.3 Å². The summed E-state index contributed by atoms with van der Waals surface area (Å²) < 4.78 is 5.42. The molecule has 1 aliphatic carbocycles. The Morgan fingerprint density at radius 2 is 1.93 bits per heavy atom. The zero-order chi connectivity index (χ0) is 21.1. The van der Waals surface area contributed by atoms with Gasteiger partial charge < -0.3 is 9.73 Å². The Hall–Kier alpha value is -2.86. The molecule has 1 saturated carbocycles. The predicted octanol–water partition coefficient (Wildman–Crippen LogP) is 5.40. The molecule has 1 aliphatic rings. The van der Waals surface area contributed by atoms with E-state index in [9.17, 15) is 9.59 Å². The van der Waals surface area contributed by atoms with Crippen molar-refractivity contribution in [3.05, 3.63) is 75.9 Å². The highest BCUT2D eigenvalue weighted by atomic mass is 32.1. The van der Waals surface area contributed by atoms with E-state index < -0.39 is 6.04 Å². The first-order valence-electron chi connectivity index (χ1n) is 10.3. The molecule has 3 aromatic rings. The van der Waals surface area contributed by atoms with Gasteiger partial charge in [0, 0.05) is 16.6 Å². The summed E-state index contributed by atoms with van der Waals surface area (Å²) in [4.78, 5) is 29.5. The number of anilines is 1. The van der Waals surface area contributed by atoms with Crippen LogP contribution in [0.25, 0.3) is 0 Å². The minimum atomic E-state index is -0.760. The van der Waals surface area contributed by atoms with E-state index in [1.54, 1.807) is 17.0 Å². The van der Waals surface area contributed by atoms with Crippen LogP contribution in [0.4, 0.5) is 5.69 Å². The number of benzene rings is 1. The summed E-state index contributed by atoms with van der Waals surface area (Å²) in [5, 5.41) is 5.12. The molecule has 1 N–H and O–H groups in total. The maximum atomic E-state index is 13.6. The number of rotatable bonds is 6. The molecule has 1 aromatic carbocycles. The number of amides is 2. The van der Waals surface area contributed by atoms with Crippen LogP contribution < -0.4 is 10.2 Å². The number of nitrogens with zero attached hydrogens (tertiary/aromatic N) is 1. The normalized spacial score (nSPS) is 15.1. The molecular formula is C24H26N2O3S. The van der Waals surface area contributed by atoms with E-state index in [2.05, 4.69) is 5.32 Å². The van der Waals surface area contributed by atoms with Gasteiger partial charge in [0.05, 0.1) is 6.26 Å². The van der Waals surface area contributed by atoms with Gasteiger partial charge in [0.2, 0.25) is 5.91 Å². The van der Waals surface area contributed by atoms with Gasteiger partial charge in [-0.15, -0.1) is 11.3 Å². The molecule has 0 radical (unpaired) electrons. The van der Waals surface area contributed by atoms with E-state index in [1.807, 2.05) is 49.6 Å². The van der Waals surface area contributed by atoms with Crippen LogP contribution in [0.2, 0.25) is 0 Å². The van der Waals surface area contributed by atoms with Crippen LogP contribution in [0.3, 0.4) is 0 Å². The van der Waals surface area contributed by atoms with Crippen LogP contribution in [-0.4, -0.2) is 17.9 Å². The maximum absolute atomic E-state index is 13.6. The highest BCUT2D eigenvalue weighted by Gasteiger charge is 2.36. The van der Waals surface area contributed by atoms with Gasteiger partial charge in [-0.3, -0.25) is 14.5 Å². The lowest BCUT2D eigenvalue weighted by Gasteiger charge is -2.32. The molecule has 1 unspecified atom stereocenters. The summed E-state index contributed by atoms with van der Waals surface area (Å²) in [6.07, 6.45) is 5.70. The Balaban J connectivity index is 1.80. The van der Waals surface area contributed by atoms with Crippen LogP contribution in [0.1, 0.15) is 58.3 Å². The lowest BCUT2D eigenvalue weighted by molar-refractivity contribution is -0.123. The largest absolute Gasteiger partial charge is 0.459 e. The molecule has 4 rings (SSSR count). The molecule has 30 heavy (non-hydrogen) atoms. The van der Waals surface area contributed by atoms with Gasteiger partial charge in [0.15, 0.2) is 11.8 Å². The van der Waals surface area contributed by atoms with Gasteiger partial charge >= 0.3 is 0 Å². The number of carbonyl (C=O) groups excluding carboxylic acids is 2. The van der Waals surface area contributed by atoms with Crippen LogP contribution in [-0.2, 0) is 4.79 Å². The van der Waals surface area contributed by atoms with E-state index in [-0.39, 0.29) is 23.6 Å². The van der Waals surface area contributed by atoms with E-state index in [1.165, 1.54) is 17.6 Å². The van der Waals surface area contributed by atoms with Crippen LogP contribution in [0.5, 0.6) is 0 Å². The fraction of sp³-hybridized carbons (Fsp3) is 0.333. The van der Waals surface area contributed by atoms with Crippen molar-refractivity contribution in [2.75, 3.05) is 4.90 Å². The molecule has 2 heterocycles. The zero-order valence-corrected chi connectivity index (χ0v) is 18.1. The van der Waals surface area contributed by atoms with Gasteiger partial charge in [-0.05, 0) is 61.9 Å². The number of nitrogens with one attached hydrogen (secondary N) is 1. The lowest BCUT2D eigenvalue weighted by atomic mass is 10.1. The third-order valence-corrected chi connectivity index (χ3v) is 6.51. The first-order valence-corrected chi connectivity index (χ1v) is 11.2. The Labute approximate surface area is 180 Å². The second-order valence-electron chi connectivity index (χ2n) is 7.85. The van der Waals surface area contributed by atoms with Gasteiger partial charge in [-0.1, -0.05) is 36.6 Å². The highest BCUT2D eigenvalue weighted by Crippen LogP contribution is 2.35. The Bertz CT molecular complexity index is 1010. The molecule has 6 heteroatoms. The van der Waals surface area contributed by atoms with Crippen molar-refractivity contribution in [1.29, 1.82) is 0 Å². The summed E-state index contributed by atoms with van der Waals surface area (Å²) in [6.45, 7) is 3.98. The number of carbonyl (C=O) groups is 2. The van der Waals surface area contributed by atoms with Crippen molar-refractivity contribution in [1.82, 2.24) is 5.32 Å². The van der Waals surface area contributed by atoms with Crippen molar-refractivity contribution in [2.24, 2.45) is 0 Å². The molecule has 2 aromatic heterocycles. The first kappa shape index (κ1) is 20.4. The SMILES string of the molecule is Cc1ccc(N(C(=O)c2ccco2)C(C(=O)NC2CCCC2)c2cccs2)c(C)c1. The van der Waals surface area contributed by atoms with E-state index in [0.29, 0.717) is 5.69 Å². The third-order valence-electron chi connectivity index (χ3n) is 5.58. The van der Waals surface area contributed by atoms with Gasteiger partial charge in [0.1, 0.15) is 0 Å². The molecule has 156 valence electrons. The van der Waals surface area contributed by atoms with E-state index >= 15 is 0 Å². The minimum absolute atomic E-state index is 0.149. The quantitative estimate of drug-likeness (QED) is 0.578. The fourth-order valence-electron chi connectivity index (χ4n) is 4.13. The second kappa shape index (κ2) is 8.88. The predicted molar refractivity (Wildman–Crippen MR) is 119 cm³/mol. The van der Waals surface area contributed by atoms with E-state index in [0.717, 1.165) is 41.7 Å².